The molecule has 1 amide bonds. The normalized spacial score (nSPS) is 40.4. The minimum absolute atomic E-state index is 0.0390. The van der Waals surface area contributed by atoms with Gasteiger partial charge in [-0.1, -0.05) is 5.16 Å². The van der Waals surface area contributed by atoms with Gasteiger partial charge in [-0.25, -0.2) is 0 Å². The van der Waals surface area contributed by atoms with Gasteiger partial charge in [0.25, 0.3) is 0 Å². The molecule has 3 rings (SSSR count). The fourth-order valence-corrected chi connectivity index (χ4v) is 3.43. The summed E-state index contributed by atoms with van der Waals surface area (Å²) in [4.78, 5) is 14.1. The third-order valence-corrected chi connectivity index (χ3v) is 4.34. The molecule has 0 spiro atoms. The Bertz CT molecular complexity index is 442. The maximum atomic E-state index is 12.4. The zero-order valence-electron chi connectivity index (χ0n) is 10.0. The van der Waals surface area contributed by atoms with E-state index in [4.69, 9.17) is 10.5 Å². The van der Waals surface area contributed by atoms with Crippen LogP contribution in [-0.2, 0) is 4.79 Å². The summed E-state index contributed by atoms with van der Waals surface area (Å²) in [5, 5.41) is 24.3. The van der Waals surface area contributed by atoms with Crippen molar-refractivity contribution in [2.45, 2.75) is 43.8 Å². The number of nitrogens with one attached hydrogen (secondary N) is 1. The molecule has 4 atom stereocenters. The SMILES string of the molecule is N#C[C@@H]1CCCN1C(=O)[C@H]1N[C@@H]2C[C@H]1C/C2=N/O. The summed E-state index contributed by atoms with van der Waals surface area (Å²) >= 11 is 0. The van der Waals surface area contributed by atoms with Gasteiger partial charge in [0.05, 0.1) is 17.8 Å². The molecule has 0 unspecified atom stereocenters. The minimum atomic E-state index is -0.260. The van der Waals surface area contributed by atoms with Crippen molar-refractivity contribution in [2.24, 2.45) is 11.1 Å². The summed E-state index contributed by atoms with van der Waals surface area (Å²) in [6.07, 6.45) is 3.25. The number of carbonyl (C=O) groups excluding carboxylic acids is 1. The van der Waals surface area contributed by atoms with Gasteiger partial charge in [-0.15, -0.1) is 0 Å². The maximum Gasteiger partial charge on any atom is 0.241 e. The molecule has 0 aromatic carbocycles. The molecule has 1 saturated carbocycles. The van der Waals surface area contributed by atoms with Crippen molar-refractivity contribution in [3.8, 4) is 6.07 Å². The van der Waals surface area contributed by atoms with Crippen molar-refractivity contribution < 1.29 is 10.0 Å². The molecule has 6 heteroatoms. The molecule has 6 nitrogen and oxygen atoms in total. The second kappa shape index (κ2) is 4.25. The molecule has 0 aromatic rings. The van der Waals surface area contributed by atoms with E-state index in [0.29, 0.717) is 13.0 Å². The van der Waals surface area contributed by atoms with Crippen molar-refractivity contribution in [3.63, 3.8) is 0 Å². The lowest BCUT2D eigenvalue weighted by molar-refractivity contribution is -0.134. The van der Waals surface area contributed by atoms with Crippen LogP contribution in [-0.4, -0.2) is 46.4 Å². The van der Waals surface area contributed by atoms with Crippen LogP contribution in [0.3, 0.4) is 0 Å². The zero-order chi connectivity index (χ0) is 12.7. The highest BCUT2D eigenvalue weighted by molar-refractivity contribution is 5.96. The molecule has 96 valence electrons. The molecule has 2 N–H and O–H groups in total. The van der Waals surface area contributed by atoms with Crippen molar-refractivity contribution in [1.29, 1.82) is 5.26 Å². The third-order valence-electron chi connectivity index (χ3n) is 4.34. The summed E-state index contributed by atoms with van der Waals surface area (Å²) in [5.41, 5.74) is 0.752. The van der Waals surface area contributed by atoms with Crippen LogP contribution in [0, 0.1) is 17.2 Å². The number of fused-ring (bicyclic) bond motifs is 2. The van der Waals surface area contributed by atoms with Crippen LogP contribution < -0.4 is 5.32 Å². The Morgan fingerprint density at radius 1 is 1.61 bits per heavy atom. The number of amides is 1. The van der Waals surface area contributed by atoms with Crippen LogP contribution in [0.2, 0.25) is 0 Å². The van der Waals surface area contributed by atoms with E-state index in [1.54, 1.807) is 4.90 Å². The van der Waals surface area contributed by atoms with Gasteiger partial charge in [0.1, 0.15) is 6.04 Å². The zero-order valence-corrected chi connectivity index (χ0v) is 10.0. The van der Waals surface area contributed by atoms with E-state index < -0.39 is 0 Å². The fraction of sp³-hybridized carbons (Fsp3) is 0.750. The number of nitrogens with zero attached hydrogens (tertiary/aromatic N) is 3. The molecule has 2 aliphatic heterocycles. The molecular weight excluding hydrogens is 232 g/mol. The van der Waals surface area contributed by atoms with Gasteiger partial charge in [0, 0.05) is 12.6 Å². The average molecular weight is 248 g/mol. The smallest absolute Gasteiger partial charge is 0.241 e. The first-order chi connectivity index (χ1) is 8.74. The molecule has 0 aromatic heterocycles. The first-order valence-electron chi connectivity index (χ1n) is 6.41. The Kier molecular flexibility index (Phi) is 2.71. The van der Waals surface area contributed by atoms with Crippen molar-refractivity contribution in [1.82, 2.24) is 10.2 Å². The number of piperidine rings is 1. The van der Waals surface area contributed by atoms with Crippen LogP contribution >= 0.6 is 0 Å². The van der Waals surface area contributed by atoms with E-state index in [1.165, 1.54) is 0 Å². The summed E-state index contributed by atoms with van der Waals surface area (Å²) in [7, 11) is 0. The van der Waals surface area contributed by atoms with E-state index in [2.05, 4.69) is 16.5 Å². The lowest BCUT2D eigenvalue weighted by Crippen LogP contribution is -2.52. The van der Waals surface area contributed by atoms with E-state index in [0.717, 1.165) is 25.0 Å². The first kappa shape index (κ1) is 11.5. The molecular formula is C12H16N4O2. The van der Waals surface area contributed by atoms with Gasteiger partial charge in [0.15, 0.2) is 0 Å². The van der Waals surface area contributed by atoms with Crippen molar-refractivity contribution >= 4 is 11.6 Å². The van der Waals surface area contributed by atoms with Crippen molar-refractivity contribution in [2.75, 3.05) is 6.54 Å². The lowest BCUT2D eigenvalue weighted by Gasteiger charge is -2.28. The molecule has 18 heavy (non-hydrogen) atoms. The molecule has 2 bridgehead atoms. The first-order valence-corrected chi connectivity index (χ1v) is 6.41. The molecule has 3 aliphatic rings. The van der Waals surface area contributed by atoms with E-state index in [-0.39, 0.29) is 30.0 Å². The van der Waals surface area contributed by atoms with E-state index in [9.17, 15) is 4.79 Å². The van der Waals surface area contributed by atoms with Crippen LogP contribution in [0.25, 0.3) is 0 Å². The van der Waals surface area contributed by atoms with E-state index >= 15 is 0 Å². The molecule has 1 aliphatic carbocycles. The topological polar surface area (TPSA) is 88.7 Å². The predicted molar refractivity (Wildman–Crippen MR) is 63.0 cm³/mol. The highest BCUT2D eigenvalue weighted by Gasteiger charge is 2.49. The number of oxime groups is 1. The van der Waals surface area contributed by atoms with Gasteiger partial charge < -0.3 is 10.1 Å². The van der Waals surface area contributed by atoms with Gasteiger partial charge in [0.2, 0.25) is 5.91 Å². The van der Waals surface area contributed by atoms with Crippen LogP contribution in [0.5, 0.6) is 0 Å². The predicted octanol–water partition coefficient (Wildman–Crippen LogP) is 0.0816. The van der Waals surface area contributed by atoms with Crippen LogP contribution in [0.1, 0.15) is 25.7 Å². The summed E-state index contributed by atoms with van der Waals surface area (Å²) in [6, 6.07) is 1.78. The highest BCUT2D eigenvalue weighted by Crippen LogP contribution is 2.35. The Morgan fingerprint density at radius 3 is 3.06 bits per heavy atom. The molecule has 3 fully saturated rings. The number of rotatable bonds is 1. The highest BCUT2D eigenvalue weighted by atomic mass is 16.4. The number of hydrogen-bond donors (Lipinski definition) is 2. The minimum Gasteiger partial charge on any atom is -0.411 e. The van der Waals surface area contributed by atoms with Gasteiger partial charge >= 0.3 is 0 Å². The third kappa shape index (κ3) is 1.58. The quantitative estimate of drug-likeness (QED) is 0.508. The summed E-state index contributed by atoms with van der Waals surface area (Å²) in [6.45, 7) is 0.688. The van der Waals surface area contributed by atoms with Crippen LogP contribution in [0.15, 0.2) is 5.16 Å². The monoisotopic (exact) mass is 248 g/mol. The Labute approximate surface area is 105 Å². The van der Waals surface area contributed by atoms with E-state index in [1.807, 2.05) is 0 Å². The number of hydrogen-bond acceptors (Lipinski definition) is 5. The van der Waals surface area contributed by atoms with Gasteiger partial charge in [-0.2, -0.15) is 5.26 Å². The second-order valence-corrected chi connectivity index (χ2v) is 5.31. The Balaban J connectivity index is 1.71. The fourth-order valence-electron chi connectivity index (χ4n) is 3.43. The molecule has 0 radical (unpaired) electrons. The lowest BCUT2D eigenvalue weighted by atomic mass is 9.98. The second-order valence-electron chi connectivity index (χ2n) is 5.31. The number of nitriles is 1. The largest absolute Gasteiger partial charge is 0.411 e. The van der Waals surface area contributed by atoms with Gasteiger partial charge in [-0.3, -0.25) is 10.1 Å². The summed E-state index contributed by atoms with van der Waals surface area (Å²) in [5.74, 6) is 0.261. The Morgan fingerprint density at radius 2 is 2.44 bits per heavy atom. The van der Waals surface area contributed by atoms with Crippen LogP contribution in [0.4, 0.5) is 0 Å². The molecule has 2 heterocycles. The molecule has 2 saturated heterocycles. The number of carbonyl (C=O) groups is 1. The maximum absolute atomic E-state index is 12.4. The number of likely N-dealkylation sites (tertiary alicyclic amines) is 1. The standard InChI is InChI=1S/C12H16N4O2/c13-6-8-2-1-3-16(8)12(17)11-7-4-9(14-11)10(5-7)15-18/h7-9,11,14,18H,1-5H2/b15-10-/t7-,8-,9+,11-/m0/s1. The Hall–Kier alpha value is -1.61. The summed E-state index contributed by atoms with van der Waals surface area (Å²) < 4.78 is 0. The van der Waals surface area contributed by atoms with Crippen molar-refractivity contribution in [3.05, 3.63) is 0 Å². The average Bonchev–Trinajstić information content (AvgIpc) is 3.10. The van der Waals surface area contributed by atoms with Gasteiger partial charge in [-0.05, 0) is 31.6 Å².